The Balaban J connectivity index is 1.90. The summed E-state index contributed by atoms with van der Waals surface area (Å²) >= 11 is 0. The molecule has 0 aliphatic carbocycles. The molecule has 0 aromatic carbocycles. The minimum Gasteiger partial charge on any atom is -0.315 e. The van der Waals surface area contributed by atoms with Crippen LogP contribution in [-0.2, 0) is 0 Å². The molecule has 3 heteroatoms. The Labute approximate surface area is 108 Å². The third-order valence-electron chi connectivity index (χ3n) is 4.02. The molecule has 1 heterocycles. The quantitative estimate of drug-likeness (QED) is 0.621. The molecule has 1 atom stereocenters. The normalized spacial score (nSPS) is 21.5. The van der Waals surface area contributed by atoms with Crippen molar-refractivity contribution in [2.24, 2.45) is 0 Å². The molecule has 0 bridgehead atoms. The molecule has 102 valence electrons. The van der Waals surface area contributed by atoms with Crippen LogP contribution >= 0.6 is 0 Å². The number of unbranched alkanes of at least 4 members (excludes halogenated alkanes) is 1. The molecule has 1 aliphatic heterocycles. The number of hydrogen-bond donors (Lipinski definition) is 1. The average molecular weight is 241 g/mol. The average Bonchev–Trinajstić information content (AvgIpc) is 2.74. The van der Waals surface area contributed by atoms with E-state index in [0.29, 0.717) is 0 Å². The van der Waals surface area contributed by atoms with Crippen LogP contribution in [0.1, 0.15) is 39.5 Å². The topological polar surface area (TPSA) is 18.5 Å². The molecule has 1 saturated heterocycles. The highest BCUT2D eigenvalue weighted by Crippen LogP contribution is 2.13. The van der Waals surface area contributed by atoms with E-state index in [1.807, 2.05) is 0 Å². The van der Waals surface area contributed by atoms with Crippen LogP contribution in [0.5, 0.6) is 0 Å². The monoisotopic (exact) mass is 241 g/mol. The molecular formula is C14H31N3. The van der Waals surface area contributed by atoms with Crippen LogP contribution in [0.3, 0.4) is 0 Å². The fourth-order valence-electron chi connectivity index (χ4n) is 2.63. The van der Waals surface area contributed by atoms with Crippen molar-refractivity contribution in [1.82, 2.24) is 15.1 Å². The van der Waals surface area contributed by atoms with Gasteiger partial charge in [-0.15, -0.1) is 0 Å². The molecule has 1 rings (SSSR count). The minimum atomic E-state index is 0.790. The molecule has 0 spiro atoms. The Kier molecular flexibility index (Phi) is 7.82. The van der Waals surface area contributed by atoms with Crippen molar-refractivity contribution in [3.8, 4) is 0 Å². The molecule has 1 fully saturated rings. The zero-order valence-corrected chi connectivity index (χ0v) is 12.0. The first-order chi connectivity index (χ1) is 8.27. The van der Waals surface area contributed by atoms with E-state index in [1.165, 1.54) is 65.0 Å². The molecule has 1 aliphatic rings. The van der Waals surface area contributed by atoms with E-state index in [1.54, 1.807) is 0 Å². The van der Waals surface area contributed by atoms with E-state index < -0.39 is 0 Å². The maximum Gasteiger partial charge on any atom is 0.0218 e. The Bertz CT molecular complexity index is 180. The van der Waals surface area contributed by atoms with Crippen LogP contribution in [0.15, 0.2) is 0 Å². The maximum absolute atomic E-state index is 3.61. The van der Waals surface area contributed by atoms with Gasteiger partial charge in [-0.3, -0.25) is 0 Å². The summed E-state index contributed by atoms with van der Waals surface area (Å²) in [7, 11) is 2.25. The van der Waals surface area contributed by atoms with Gasteiger partial charge < -0.3 is 15.1 Å². The highest BCUT2D eigenvalue weighted by molar-refractivity contribution is 4.77. The van der Waals surface area contributed by atoms with Crippen LogP contribution in [0.4, 0.5) is 0 Å². The Morgan fingerprint density at radius 3 is 2.59 bits per heavy atom. The first-order valence-corrected chi connectivity index (χ1v) is 7.41. The van der Waals surface area contributed by atoms with E-state index in [0.717, 1.165) is 6.04 Å². The lowest BCUT2D eigenvalue weighted by atomic mass is 10.2. The van der Waals surface area contributed by atoms with Crippen molar-refractivity contribution in [3.63, 3.8) is 0 Å². The summed E-state index contributed by atoms with van der Waals surface area (Å²) < 4.78 is 0. The van der Waals surface area contributed by atoms with E-state index in [4.69, 9.17) is 0 Å². The third kappa shape index (κ3) is 5.84. The van der Waals surface area contributed by atoms with E-state index in [9.17, 15) is 0 Å². The number of likely N-dealkylation sites (N-methyl/N-ethyl adjacent to an activating group) is 1. The molecule has 0 aromatic rings. The smallest absolute Gasteiger partial charge is 0.0218 e. The second kappa shape index (κ2) is 8.90. The molecule has 1 unspecified atom stereocenters. The van der Waals surface area contributed by atoms with Crippen molar-refractivity contribution < 1.29 is 0 Å². The van der Waals surface area contributed by atoms with Gasteiger partial charge in [0.1, 0.15) is 0 Å². The third-order valence-corrected chi connectivity index (χ3v) is 4.02. The zero-order valence-electron chi connectivity index (χ0n) is 12.0. The lowest BCUT2D eigenvalue weighted by molar-refractivity contribution is 0.288. The number of hydrogen-bond acceptors (Lipinski definition) is 3. The van der Waals surface area contributed by atoms with Gasteiger partial charge in [0.05, 0.1) is 0 Å². The second-order valence-electron chi connectivity index (χ2n) is 5.21. The van der Waals surface area contributed by atoms with Gasteiger partial charge in [0, 0.05) is 12.6 Å². The van der Waals surface area contributed by atoms with Crippen LogP contribution < -0.4 is 5.32 Å². The zero-order chi connectivity index (χ0) is 12.5. The highest BCUT2D eigenvalue weighted by atomic mass is 15.2. The fourth-order valence-corrected chi connectivity index (χ4v) is 2.63. The standard InChI is InChI=1S/C14H31N3/c1-4-17(5-2)12-7-6-10-15-13-14-9-8-11-16(14)3/h14-15H,4-13H2,1-3H3. The van der Waals surface area contributed by atoms with Crippen LogP contribution in [0, 0.1) is 0 Å². The lowest BCUT2D eigenvalue weighted by Gasteiger charge is -2.20. The Hall–Kier alpha value is -0.120. The van der Waals surface area contributed by atoms with Gasteiger partial charge in [0.2, 0.25) is 0 Å². The summed E-state index contributed by atoms with van der Waals surface area (Å²) in [5.41, 5.74) is 0. The number of rotatable bonds is 9. The predicted octanol–water partition coefficient (Wildman–Crippen LogP) is 1.79. The minimum absolute atomic E-state index is 0.790. The van der Waals surface area contributed by atoms with Gasteiger partial charge in [0.25, 0.3) is 0 Å². The maximum atomic E-state index is 3.61. The molecule has 17 heavy (non-hydrogen) atoms. The molecule has 0 saturated carbocycles. The fraction of sp³-hybridized carbons (Fsp3) is 1.00. The number of likely N-dealkylation sites (tertiary alicyclic amines) is 1. The van der Waals surface area contributed by atoms with Crippen molar-refractivity contribution in [2.45, 2.75) is 45.6 Å². The van der Waals surface area contributed by atoms with Gasteiger partial charge in [0.15, 0.2) is 0 Å². The van der Waals surface area contributed by atoms with Crippen molar-refractivity contribution in [1.29, 1.82) is 0 Å². The van der Waals surface area contributed by atoms with Crippen LogP contribution in [0.2, 0.25) is 0 Å². The van der Waals surface area contributed by atoms with E-state index in [-0.39, 0.29) is 0 Å². The number of nitrogens with zero attached hydrogens (tertiary/aromatic N) is 2. The highest BCUT2D eigenvalue weighted by Gasteiger charge is 2.19. The van der Waals surface area contributed by atoms with Gasteiger partial charge in [-0.05, 0) is 65.5 Å². The van der Waals surface area contributed by atoms with E-state index in [2.05, 4.69) is 36.0 Å². The SMILES string of the molecule is CCN(CC)CCCCNCC1CCCN1C. The van der Waals surface area contributed by atoms with Crippen molar-refractivity contribution in [3.05, 3.63) is 0 Å². The molecule has 0 aromatic heterocycles. The van der Waals surface area contributed by atoms with Crippen LogP contribution in [0.25, 0.3) is 0 Å². The summed E-state index contributed by atoms with van der Waals surface area (Å²) in [4.78, 5) is 4.99. The predicted molar refractivity (Wildman–Crippen MR) is 75.5 cm³/mol. The summed E-state index contributed by atoms with van der Waals surface area (Å²) in [6.07, 6.45) is 5.40. The summed E-state index contributed by atoms with van der Waals surface area (Å²) in [6.45, 7) is 11.8. The van der Waals surface area contributed by atoms with Crippen LogP contribution in [-0.4, -0.2) is 62.2 Å². The molecule has 3 nitrogen and oxygen atoms in total. The largest absolute Gasteiger partial charge is 0.315 e. The summed E-state index contributed by atoms with van der Waals surface area (Å²) in [6, 6.07) is 0.790. The van der Waals surface area contributed by atoms with Crippen molar-refractivity contribution >= 4 is 0 Å². The second-order valence-corrected chi connectivity index (χ2v) is 5.21. The Morgan fingerprint density at radius 2 is 2.00 bits per heavy atom. The molecule has 1 N–H and O–H groups in total. The molecular weight excluding hydrogens is 210 g/mol. The first-order valence-electron chi connectivity index (χ1n) is 7.41. The summed E-state index contributed by atoms with van der Waals surface area (Å²) in [5.74, 6) is 0. The first kappa shape index (κ1) is 14.9. The van der Waals surface area contributed by atoms with Gasteiger partial charge in [-0.1, -0.05) is 13.8 Å². The molecule has 0 amide bonds. The van der Waals surface area contributed by atoms with Gasteiger partial charge in [-0.2, -0.15) is 0 Å². The summed E-state index contributed by atoms with van der Waals surface area (Å²) in [5, 5.41) is 3.61. The molecule has 0 radical (unpaired) electrons. The van der Waals surface area contributed by atoms with E-state index >= 15 is 0 Å². The van der Waals surface area contributed by atoms with Crippen molar-refractivity contribution in [2.75, 3.05) is 46.3 Å². The van der Waals surface area contributed by atoms with Gasteiger partial charge >= 0.3 is 0 Å². The lowest BCUT2D eigenvalue weighted by Crippen LogP contribution is -2.36. The number of nitrogens with one attached hydrogen (secondary N) is 1. The van der Waals surface area contributed by atoms with Gasteiger partial charge in [-0.25, -0.2) is 0 Å². The Morgan fingerprint density at radius 1 is 1.24 bits per heavy atom.